The first kappa shape index (κ1) is 13.4. The molecule has 2 atom stereocenters. The van der Waals surface area contributed by atoms with E-state index in [1.807, 2.05) is 32.0 Å². The van der Waals surface area contributed by atoms with Crippen molar-refractivity contribution >= 4 is 27.5 Å². The Balaban J connectivity index is 2.42. The first-order chi connectivity index (χ1) is 8.50. The lowest BCUT2D eigenvalue weighted by Crippen LogP contribution is -2.54. The Morgan fingerprint density at radius 3 is 2.94 bits per heavy atom. The van der Waals surface area contributed by atoms with Crippen LogP contribution >= 0.6 is 15.9 Å². The molecule has 4 nitrogen and oxygen atoms in total. The van der Waals surface area contributed by atoms with E-state index in [2.05, 4.69) is 26.1 Å². The van der Waals surface area contributed by atoms with Crippen molar-refractivity contribution in [3.8, 4) is 0 Å². The summed E-state index contributed by atoms with van der Waals surface area (Å²) < 4.78 is 1.00. The standard InChI is InChI=1S/C13H18BrN3O/c1-8(15)11-4-3-10(14)7-12(11)17-6-5-16-13(18)9(17)2/h3-4,7-9H,5-6,15H2,1-2H3,(H,16,18). The molecule has 0 spiro atoms. The summed E-state index contributed by atoms with van der Waals surface area (Å²) in [7, 11) is 0. The van der Waals surface area contributed by atoms with Crippen molar-refractivity contribution in [3.63, 3.8) is 0 Å². The van der Waals surface area contributed by atoms with Crippen LogP contribution in [0.3, 0.4) is 0 Å². The number of carbonyl (C=O) groups excluding carboxylic acids is 1. The van der Waals surface area contributed by atoms with Gasteiger partial charge in [-0.1, -0.05) is 22.0 Å². The Labute approximate surface area is 116 Å². The van der Waals surface area contributed by atoms with Crippen molar-refractivity contribution in [2.24, 2.45) is 5.73 Å². The highest BCUT2D eigenvalue weighted by atomic mass is 79.9. The minimum absolute atomic E-state index is 0.0507. The van der Waals surface area contributed by atoms with Crippen molar-refractivity contribution in [2.75, 3.05) is 18.0 Å². The van der Waals surface area contributed by atoms with Crippen LogP contribution < -0.4 is 16.0 Å². The van der Waals surface area contributed by atoms with Crippen LogP contribution in [0.2, 0.25) is 0 Å². The summed E-state index contributed by atoms with van der Waals surface area (Å²) in [6, 6.07) is 5.82. The second kappa shape index (κ2) is 5.28. The van der Waals surface area contributed by atoms with E-state index in [1.165, 1.54) is 0 Å². The second-order valence-electron chi connectivity index (χ2n) is 4.65. The first-order valence-electron chi connectivity index (χ1n) is 6.10. The van der Waals surface area contributed by atoms with Gasteiger partial charge in [-0.15, -0.1) is 0 Å². The minimum Gasteiger partial charge on any atom is -0.358 e. The third-order valence-electron chi connectivity index (χ3n) is 3.29. The number of carbonyl (C=O) groups is 1. The van der Waals surface area contributed by atoms with Crippen LogP contribution in [-0.4, -0.2) is 25.0 Å². The van der Waals surface area contributed by atoms with Crippen molar-refractivity contribution < 1.29 is 4.79 Å². The number of piperazine rings is 1. The highest BCUT2D eigenvalue weighted by Crippen LogP contribution is 2.30. The largest absolute Gasteiger partial charge is 0.358 e. The molecule has 18 heavy (non-hydrogen) atoms. The van der Waals surface area contributed by atoms with Gasteiger partial charge < -0.3 is 16.0 Å². The predicted octanol–water partition coefficient (Wildman–Crippen LogP) is 1.79. The zero-order valence-electron chi connectivity index (χ0n) is 10.6. The lowest BCUT2D eigenvalue weighted by molar-refractivity contribution is -0.122. The number of rotatable bonds is 2. The lowest BCUT2D eigenvalue weighted by Gasteiger charge is -2.36. The molecule has 1 saturated heterocycles. The number of nitrogens with two attached hydrogens (primary N) is 1. The fourth-order valence-corrected chi connectivity index (χ4v) is 2.61. The highest BCUT2D eigenvalue weighted by molar-refractivity contribution is 9.10. The molecular weight excluding hydrogens is 294 g/mol. The van der Waals surface area contributed by atoms with Gasteiger partial charge in [0.05, 0.1) is 0 Å². The molecule has 2 unspecified atom stereocenters. The zero-order chi connectivity index (χ0) is 13.3. The number of hydrogen-bond acceptors (Lipinski definition) is 3. The van der Waals surface area contributed by atoms with E-state index in [4.69, 9.17) is 5.73 Å². The summed E-state index contributed by atoms with van der Waals surface area (Å²) in [5.41, 5.74) is 8.12. The van der Waals surface area contributed by atoms with Gasteiger partial charge in [-0.25, -0.2) is 0 Å². The normalized spacial score (nSPS) is 21.7. The van der Waals surface area contributed by atoms with E-state index in [0.29, 0.717) is 6.54 Å². The van der Waals surface area contributed by atoms with Gasteiger partial charge in [0.25, 0.3) is 0 Å². The molecule has 0 saturated carbocycles. The van der Waals surface area contributed by atoms with Crippen LogP contribution in [0.5, 0.6) is 0 Å². The maximum Gasteiger partial charge on any atom is 0.242 e. The van der Waals surface area contributed by atoms with Gasteiger partial charge >= 0.3 is 0 Å². The van der Waals surface area contributed by atoms with Gasteiger partial charge in [0.1, 0.15) is 6.04 Å². The average molecular weight is 312 g/mol. The zero-order valence-corrected chi connectivity index (χ0v) is 12.2. The summed E-state index contributed by atoms with van der Waals surface area (Å²) in [5.74, 6) is 0.0665. The number of halogens is 1. The van der Waals surface area contributed by atoms with Crippen LogP contribution in [0, 0.1) is 0 Å². The van der Waals surface area contributed by atoms with Crippen molar-refractivity contribution in [1.82, 2.24) is 5.32 Å². The summed E-state index contributed by atoms with van der Waals surface area (Å²) in [5, 5.41) is 2.87. The van der Waals surface area contributed by atoms with Crippen LogP contribution in [0.15, 0.2) is 22.7 Å². The van der Waals surface area contributed by atoms with Crippen molar-refractivity contribution in [2.45, 2.75) is 25.9 Å². The Hall–Kier alpha value is -1.07. The third-order valence-corrected chi connectivity index (χ3v) is 3.78. The number of anilines is 1. The van der Waals surface area contributed by atoms with E-state index in [0.717, 1.165) is 22.3 Å². The molecule has 3 N–H and O–H groups in total. The Kier molecular flexibility index (Phi) is 3.92. The molecular formula is C13H18BrN3O. The molecule has 1 fully saturated rings. The van der Waals surface area contributed by atoms with Crippen LogP contribution in [0.4, 0.5) is 5.69 Å². The number of benzene rings is 1. The molecule has 0 radical (unpaired) electrons. The average Bonchev–Trinajstić information content (AvgIpc) is 2.32. The van der Waals surface area contributed by atoms with Gasteiger partial charge in [0.15, 0.2) is 0 Å². The number of amides is 1. The molecule has 1 amide bonds. The molecule has 1 heterocycles. The van der Waals surface area contributed by atoms with Gasteiger partial charge in [0, 0.05) is 29.3 Å². The van der Waals surface area contributed by atoms with E-state index < -0.39 is 0 Å². The summed E-state index contributed by atoms with van der Waals surface area (Å²) in [6.07, 6.45) is 0. The predicted molar refractivity (Wildman–Crippen MR) is 76.6 cm³/mol. The fourth-order valence-electron chi connectivity index (χ4n) is 2.26. The van der Waals surface area contributed by atoms with Crippen LogP contribution in [0.1, 0.15) is 25.5 Å². The van der Waals surface area contributed by atoms with Crippen molar-refractivity contribution in [1.29, 1.82) is 0 Å². The highest BCUT2D eigenvalue weighted by Gasteiger charge is 2.27. The summed E-state index contributed by atoms with van der Waals surface area (Å²) >= 11 is 3.48. The molecule has 1 aliphatic heterocycles. The van der Waals surface area contributed by atoms with Gasteiger partial charge in [-0.3, -0.25) is 4.79 Å². The number of nitrogens with zero attached hydrogens (tertiary/aromatic N) is 1. The Morgan fingerprint density at radius 1 is 1.56 bits per heavy atom. The lowest BCUT2D eigenvalue weighted by atomic mass is 10.0. The molecule has 5 heteroatoms. The molecule has 1 aromatic carbocycles. The maximum atomic E-state index is 11.7. The van der Waals surface area contributed by atoms with E-state index >= 15 is 0 Å². The minimum atomic E-state index is -0.162. The van der Waals surface area contributed by atoms with Gasteiger partial charge in [0.2, 0.25) is 5.91 Å². The molecule has 98 valence electrons. The van der Waals surface area contributed by atoms with Gasteiger partial charge in [-0.2, -0.15) is 0 Å². The molecule has 1 aliphatic rings. The first-order valence-corrected chi connectivity index (χ1v) is 6.89. The quantitative estimate of drug-likeness (QED) is 0.875. The van der Waals surface area contributed by atoms with E-state index in [9.17, 15) is 4.79 Å². The monoisotopic (exact) mass is 311 g/mol. The molecule has 0 aromatic heterocycles. The molecule has 1 aromatic rings. The second-order valence-corrected chi connectivity index (χ2v) is 5.57. The van der Waals surface area contributed by atoms with E-state index in [-0.39, 0.29) is 18.0 Å². The van der Waals surface area contributed by atoms with Crippen molar-refractivity contribution in [3.05, 3.63) is 28.2 Å². The van der Waals surface area contributed by atoms with Crippen LogP contribution in [-0.2, 0) is 4.79 Å². The summed E-state index contributed by atoms with van der Waals surface area (Å²) in [6.45, 7) is 5.36. The topological polar surface area (TPSA) is 58.4 Å². The Bertz CT molecular complexity index is 462. The third kappa shape index (κ3) is 2.52. The maximum absolute atomic E-state index is 11.7. The molecule has 0 bridgehead atoms. The number of hydrogen-bond donors (Lipinski definition) is 2. The van der Waals surface area contributed by atoms with Gasteiger partial charge in [-0.05, 0) is 31.5 Å². The number of nitrogens with one attached hydrogen (secondary N) is 1. The van der Waals surface area contributed by atoms with Crippen LogP contribution in [0.25, 0.3) is 0 Å². The SMILES string of the molecule is CC(N)c1ccc(Br)cc1N1CCNC(=O)C1C. The molecule has 0 aliphatic carbocycles. The summed E-state index contributed by atoms with van der Waals surface area (Å²) in [4.78, 5) is 13.9. The Morgan fingerprint density at radius 2 is 2.28 bits per heavy atom. The molecule has 2 rings (SSSR count). The van der Waals surface area contributed by atoms with E-state index in [1.54, 1.807) is 0 Å². The fraction of sp³-hybridized carbons (Fsp3) is 0.462. The smallest absolute Gasteiger partial charge is 0.242 e.